The van der Waals surface area contributed by atoms with Crippen molar-refractivity contribution in [2.24, 2.45) is 0 Å². The molecule has 0 radical (unpaired) electrons. The van der Waals surface area contributed by atoms with E-state index in [2.05, 4.69) is 15.9 Å². The summed E-state index contributed by atoms with van der Waals surface area (Å²) in [6.45, 7) is 2.36. The maximum Gasteiger partial charge on any atom is 0.151 e. The summed E-state index contributed by atoms with van der Waals surface area (Å²) in [6.07, 6.45) is 0.787. The van der Waals surface area contributed by atoms with Crippen LogP contribution in [0, 0.1) is 6.92 Å². The maximum atomic E-state index is 10.8. The first-order chi connectivity index (χ1) is 9.10. The van der Waals surface area contributed by atoms with Crippen LogP contribution in [0.1, 0.15) is 21.5 Å². The second-order valence-corrected chi connectivity index (χ2v) is 5.45. The number of hydrogen-bond acceptors (Lipinski definition) is 2. The Morgan fingerprint density at radius 3 is 2.74 bits per heavy atom. The molecule has 0 spiro atoms. The minimum atomic E-state index is 0.374. The summed E-state index contributed by atoms with van der Waals surface area (Å²) in [6, 6.07) is 11.1. The summed E-state index contributed by atoms with van der Waals surface area (Å²) >= 11 is 9.43. The van der Waals surface area contributed by atoms with E-state index in [1.54, 1.807) is 18.2 Å². The molecule has 0 saturated carbocycles. The number of hydrogen-bond donors (Lipinski definition) is 0. The molecular formula is C15H12BrClO2. The molecule has 0 aliphatic heterocycles. The normalized spacial score (nSPS) is 10.3. The Labute approximate surface area is 125 Å². The number of halogens is 2. The lowest BCUT2D eigenvalue weighted by atomic mass is 10.1. The van der Waals surface area contributed by atoms with Crippen LogP contribution in [0.5, 0.6) is 5.75 Å². The Kier molecular flexibility index (Phi) is 4.61. The van der Waals surface area contributed by atoms with Gasteiger partial charge in [0.05, 0.1) is 0 Å². The molecule has 0 bridgehead atoms. The molecule has 0 saturated heterocycles. The molecule has 0 N–H and O–H groups in total. The van der Waals surface area contributed by atoms with E-state index in [0.717, 1.165) is 21.9 Å². The molecule has 0 fully saturated rings. The highest BCUT2D eigenvalue weighted by Crippen LogP contribution is 2.23. The predicted octanol–water partition coefficient (Wildman–Crippen LogP) is 4.80. The number of benzene rings is 2. The van der Waals surface area contributed by atoms with Gasteiger partial charge < -0.3 is 4.74 Å². The number of carbonyl (C=O) groups excluding carboxylic acids is 1. The van der Waals surface area contributed by atoms with Gasteiger partial charge in [-0.2, -0.15) is 0 Å². The van der Waals surface area contributed by atoms with Crippen LogP contribution in [-0.2, 0) is 6.61 Å². The summed E-state index contributed by atoms with van der Waals surface area (Å²) in [7, 11) is 0. The van der Waals surface area contributed by atoms with Gasteiger partial charge >= 0.3 is 0 Å². The average Bonchev–Trinajstić information content (AvgIpc) is 2.39. The molecule has 0 heterocycles. The first-order valence-corrected chi connectivity index (χ1v) is 6.90. The summed E-state index contributed by atoms with van der Waals surface area (Å²) in [5, 5.41) is 0.688. The third kappa shape index (κ3) is 3.58. The molecule has 4 heteroatoms. The van der Waals surface area contributed by atoms with Crippen LogP contribution >= 0.6 is 27.5 Å². The van der Waals surface area contributed by atoms with Crippen LogP contribution in [0.15, 0.2) is 40.9 Å². The molecule has 0 unspecified atom stereocenters. The van der Waals surface area contributed by atoms with E-state index in [-0.39, 0.29) is 0 Å². The van der Waals surface area contributed by atoms with Crippen LogP contribution in [0.25, 0.3) is 0 Å². The van der Waals surface area contributed by atoms with Gasteiger partial charge in [-0.25, -0.2) is 0 Å². The van der Waals surface area contributed by atoms with Gasteiger partial charge in [-0.15, -0.1) is 0 Å². The van der Waals surface area contributed by atoms with Crippen LogP contribution in [0.3, 0.4) is 0 Å². The summed E-state index contributed by atoms with van der Waals surface area (Å²) < 4.78 is 6.40. The molecule has 0 aromatic heterocycles. The number of ether oxygens (including phenoxy) is 1. The van der Waals surface area contributed by atoms with Crippen molar-refractivity contribution >= 4 is 33.8 Å². The van der Waals surface area contributed by atoms with Crippen molar-refractivity contribution < 1.29 is 9.53 Å². The fraction of sp³-hybridized carbons (Fsp3) is 0.133. The second-order valence-electron chi connectivity index (χ2n) is 4.18. The number of aldehydes is 1. The molecule has 2 rings (SSSR count). The maximum absolute atomic E-state index is 10.8. The van der Waals surface area contributed by atoms with Gasteiger partial charge in [0.1, 0.15) is 12.4 Å². The Bertz CT molecular complexity index is 611. The van der Waals surface area contributed by atoms with Crippen LogP contribution < -0.4 is 4.74 Å². The highest BCUT2D eigenvalue weighted by Gasteiger charge is 2.04. The van der Waals surface area contributed by atoms with E-state index < -0.39 is 0 Å². The van der Waals surface area contributed by atoms with Gasteiger partial charge in [0, 0.05) is 20.6 Å². The minimum absolute atomic E-state index is 0.374. The zero-order valence-electron chi connectivity index (χ0n) is 10.3. The average molecular weight is 340 g/mol. The molecule has 0 aliphatic rings. The third-order valence-corrected chi connectivity index (χ3v) is 3.77. The third-order valence-electron chi connectivity index (χ3n) is 2.70. The van der Waals surface area contributed by atoms with Gasteiger partial charge in [-0.3, -0.25) is 4.79 Å². The van der Waals surface area contributed by atoms with Gasteiger partial charge in [0.2, 0.25) is 0 Å². The highest BCUT2D eigenvalue weighted by molar-refractivity contribution is 9.10. The van der Waals surface area contributed by atoms with E-state index in [9.17, 15) is 4.79 Å². The Balaban J connectivity index is 2.12. The minimum Gasteiger partial charge on any atom is -0.489 e. The lowest BCUT2D eigenvalue weighted by Gasteiger charge is -2.09. The van der Waals surface area contributed by atoms with Crippen molar-refractivity contribution in [3.05, 3.63) is 62.6 Å². The number of aryl methyl sites for hydroxylation is 1. The van der Waals surface area contributed by atoms with E-state index in [1.165, 1.54) is 0 Å². The molecular weight excluding hydrogens is 328 g/mol. The molecule has 0 amide bonds. The zero-order valence-corrected chi connectivity index (χ0v) is 12.7. The zero-order chi connectivity index (χ0) is 13.8. The predicted molar refractivity (Wildman–Crippen MR) is 80.1 cm³/mol. The first kappa shape index (κ1) is 14.1. The molecule has 2 aromatic carbocycles. The second kappa shape index (κ2) is 6.22. The van der Waals surface area contributed by atoms with Crippen LogP contribution in [-0.4, -0.2) is 6.29 Å². The van der Waals surface area contributed by atoms with Crippen molar-refractivity contribution in [2.75, 3.05) is 0 Å². The molecule has 2 aromatic rings. The molecule has 0 aliphatic carbocycles. The molecule has 98 valence electrons. The topological polar surface area (TPSA) is 26.3 Å². The lowest BCUT2D eigenvalue weighted by Crippen LogP contribution is -1.97. The van der Waals surface area contributed by atoms with Gasteiger partial charge in [-0.1, -0.05) is 39.7 Å². The summed E-state index contributed by atoms with van der Waals surface area (Å²) in [5.74, 6) is 0.641. The quantitative estimate of drug-likeness (QED) is 0.748. The van der Waals surface area contributed by atoms with Crippen molar-refractivity contribution in [2.45, 2.75) is 13.5 Å². The Hall–Kier alpha value is -1.32. The fourth-order valence-electron chi connectivity index (χ4n) is 1.63. The monoisotopic (exact) mass is 338 g/mol. The van der Waals surface area contributed by atoms with Crippen molar-refractivity contribution in [1.29, 1.82) is 0 Å². The SMILES string of the molecule is Cc1ccc(COc2ccc(Br)c(C=O)c2)c(Cl)c1. The largest absolute Gasteiger partial charge is 0.489 e. The van der Waals surface area contributed by atoms with Crippen molar-refractivity contribution in [1.82, 2.24) is 0 Å². The van der Waals surface area contributed by atoms with E-state index >= 15 is 0 Å². The first-order valence-electron chi connectivity index (χ1n) is 5.72. The molecule has 0 atom stereocenters. The van der Waals surface area contributed by atoms with Gasteiger partial charge in [0.25, 0.3) is 0 Å². The fourth-order valence-corrected chi connectivity index (χ4v) is 2.26. The van der Waals surface area contributed by atoms with Crippen molar-refractivity contribution in [3.8, 4) is 5.75 Å². The van der Waals surface area contributed by atoms with E-state index in [4.69, 9.17) is 16.3 Å². The molecule has 19 heavy (non-hydrogen) atoms. The van der Waals surface area contributed by atoms with Crippen molar-refractivity contribution in [3.63, 3.8) is 0 Å². The standard InChI is InChI=1S/C15H12BrClO2/c1-10-2-3-11(15(17)6-10)9-19-13-4-5-14(16)12(7-13)8-18/h2-8H,9H2,1H3. The molecule has 2 nitrogen and oxygen atoms in total. The number of carbonyl (C=O) groups is 1. The highest BCUT2D eigenvalue weighted by atomic mass is 79.9. The number of rotatable bonds is 4. The Morgan fingerprint density at radius 2 is 2.05 bits per heavy atom. The van der Waals surface area contributed by atoms with E-state index in [1.807, 2.05) is 25.1 Å². The Morgan fingerprint density at radius 1 is 1.26 bits per heavy atom. The summed E-state index contributed by atoms with van der Waals surface area (Å²) in [5.41, 5.74) is 2.59. The van der Waals surface area contributed by atoms with Crippen LogP contribution in [0.4, 0.5) is 0 Å². The smallest absolute Gasteiger partial charge is 0.151 e. The van der Waals surface area contributed by atoms with E-state index in [0.29, 0.717) is 22.9 Å². The van der Waals surface area contributed by atoms with Crippen LogP contribution in [0.2, 0.25) is 5.02 Å². The van der Waals surface area contributed by atoms with Gasteiger partial charge in [0.15, 0.2) is 6.29 Å². The lowest BCUT2D eigenvalue weighted by molar-refractivity contribution is 0.112. The summed E-state index contributed by atoms with van der Waals surface area (Å²) in [4.78, 5) is 10.8. The van der Waals surface area contributed by atoms with Gasteiger partial charge in [-0.05, 0) is 36.8 Å².